The number of fused-ring (bicyclic) bond motifs is 1. The van der Waals surface area contributed by atoms with Gasteiger partial charge >= 0.3 is 12.5 Å². The lowest BCUT2D eigenvalue weighted by Gasteiger charge is -2.71. The van der Waals surface area contributed by atoms with Crippen LogP contribution in [0.3, 0.4) is 0 Å². The van der Waals surface area contributed by atoms with Gasteiger partial charge in [-0.1, -0.05) is 98.8 Å². The van der Waals surface area contributed by atoms with Crippen LogP contribution < -0.4 is 4.74 Å². The first-order valence-electron chi connectivity index (χ1n) is 19.9. The molecule has 9 rings (SSSR count). The van der Waals surface area contributed by atoms with Crippen molar-refractivity contribution in [3.05, 3.63) is 114 Å². The molecule has 1 unspecified atom stereocenters. The normalized spacial score (nSPS) is 34.1. The number of hydrogen-bond donors (Lipinski definition) is 2. The highest BCUT2D eigenvalue weighted by Gasteiger charge is 2.74. The molecule has 0 heterocycles. The lowest BCUT2D eigenvalue weighted by molar-refractivity contribution is -0.274. The van der Waals surface area contributed by atoms with Crippen LogP contribution in [0.1, 0.15) is 81.6 Å². The quantitative estimate of drug-likeness (QED) is 0.166. The van der Waals surface area contributed by atoms with Gasteiger partial charge in [-0.25, -0.2) is 4.79 Å². The predicted molar refractivity (Wildman–Crippen MR) is 205 cm³/mol. The summed E-state index contributed by atoms with van der Waals surface area (Å²) in [4.78, 5) is 30.0. The van der Waals surface area contributed by atoms with E-state index < -0.39 is 40.4 Å². The number of amides is 1. The van der Waals surface area contributed by atoms with Gasteiger partial charge in [0.05, 0.1) is 24.9 Å². The number of halogens is 3. The van der Waals surface area contributed by atoms with Crippen LogP contribution in [0.4, 0.5) is 18.0 Å². The lowest BCUT2D eigenvalue weighted by atomic mass is 9.32. The Hall–Kier alpha value is -4.41. The van der Waals surface area contributed by atoms with E-state index >= 15 is 4.79 Å². The monoisotopic (exact) mass is 769 g/mol. The summed E-state index contributed by atoms with van der Waals surface area (Å²) in [5.74, 6) is -0.447. The maximum Gasteiger partial charge on any atom is 0.573 e. The largest absolute Gasteiger partial charge is 0.573 e. The second kappa shape index (κ2) is 13.6. The number of ether oxygens (including phenoxy) is 2. The van der Waals surface area contributed by atoms with Gasteiger partial charge in [-0.05, 0) is 97.9 Å². The molecule has 0 aliphatic heterocycles. The van der Waals surface area contributed by atoms with Gasteiger partial charge in [0.1, 0.15) is 5.75 Å². The number of allylic oxidation sites excluding steroid dienone is 4. The van der Waals surface area contributed by atoms with Crippen LogP contribution in [0.25, 0.3) is 11.1 Å². The minimum atomic E-state index is -4.83. The molecular weight excluding hydrogens is 720 g/mol. The van der Waals surface area contributed by atoms with Crippen molar-refractivity contribution < 1.29 is 42.4 Å². The molecule has 2 bridgehead atoms. The third-order valence-corrected chi connectivity index (χ3v) is 14.7. The van der Waals surface area contributed by atoms with Gasteiger partial charge in [0, 0.05) is 33.9 Å². The highest BCUT2D eigenvalue weighted by atomic mass is 19.4. The number of benzene rings is 3. The highest BCUT2D eigenvalue weighted by Crippen LogP contribution is 2.78. The summed E-state index contributed by atoms with van der Waals surface area (Å²) in [5, 5.41) is 24.0. The third-order valence-electron chi connectivity index (χ3n) is 14.7. The number of carbonyl (C=O) groups excluding carboxylic acids is 2. The van der Waals surface area contributed by atoms with Crippen molar-refractivity contribution in [1.82, 2.24) is 4.90 Å². The minimum Gasteiger partial charge on any atom is -0.450 e. The van der Waals surface area contributed by atoms with Crippen molar-refractivity contribution in [2.24, 2.45) is 33.5 Å². The number of rotatable bonds is 9. The maximum atomic E-state index is 15.1. The topological polar surface area (TPSA) is 96.3 Å². The van der Waals surface area contributed by atoms with Crippen molar-refractivity contribution in [3.8, 4) is 16.9 Å². The molecule has 0 saturated heterocycles. The summed E-state index contributed by atoms with van der Waals surface area (Å²) in [6.45, 7) is 6.21. The average Bonchev–Trinajstić information content (AvgIpc) is 3.44. The number of ketones is 1. The average molecular weight is 770 g/mol. The molecule has 0 radical (unpaired) electrons. The molecule has 7 nitrogen and oxygen atoms in total. The second-order valence-electron chi connectivity index (χ2n) is 17.3. The minimum absolute atomic E-state index is 0.00733. The summed E-state index contributed by atoms with van der Waals surface area (Å²) in [6, 6.07) is 23.2. The van der Waals surface area contributed by atoms with E-state index in [1.54, 1.807) is 6.92 Å². The van der Waals surface area contributed by atoms with E-state index in [0.29, 0.717) is 43.2 Å². The standard InChI is InChI=1S/C46H50F3NO6/c1-4-55-40(53)50(28-30-10-16-35(17-11-30)56-46(47,48)49)29-44(54)23-20-38-42(44,3)22-19-37-41(2)21-18-34(51)26-43(41)24-25-45(37,38)36(27-43)39(52)33-14-12-32(13-15-33)31-8-6-5-7-9-31/h5-17,24-25,27,34,37-38,51,54H,4,18-23,26,28-29H2,1-3H3/t34?,37-,38-,41-,42+,43+,44-,45-/m1/s1. The SMILES string of the molecule is CCOC(=O)N(Cc1ccc(OC(F)(F)F)cc1)C[C@]1(O)CC[C@H]2[C@]34C=C[C@@]5(C=C3C(=O)c3ccc(-c6ccccc6)cc3)CC(O)CC[C@]5(C)[C@H]4CC[C@@]21C. The van der Waals surface area contributed by atoms with E-state index in [4.69, 9.17) is 4.74 Å². The summed E-state index contributed by atoms with van der Waals surface area (Å²) >= 11 is 0. The van der Waals surface area contributed by atoms with Gasteiger partial charge in [0.25, 0.3) is 0 Å². The zero-order valence-corrected chi connectivity index (χ0v) is 32.1. The molecule has 10 heteroatoms. The maximum absolute atomic E-state index is 15.1. The molecule has 3 fully saturated rings. The van der Waals surface area contributed by atoms with Gasteiger partial charge in [0.15, 0.2) is 5.78 Å². The third kappa shape index (κ3) is 6.01. The van der Waals surface area contributed by atoms with E-state index in [2.05, 4.69) is 36.8 Å². The van der Waals surface area contributed by atoms with Crippen LogP contribution in [0.5, 0.6) is 5.75 Å². The van der Waals surface area contributed by atoms with Crippen LogP contribution in [-0.4, -0.2) is 58.2 Å². The smallest absolute Gasteiger partial charge is 0.450 e. The molecule has 3 aromatic rings. The van der Waals surface area contributed by atoms with E-state index in [-0.39, 0.29) is 48.5 Å². The van der Waals surface area contributed by atoms with Gasteiger partial charge in [-0.15, -0.1) is 13.2 Å². The molecule has 6 aliphatic carbocycles. The number of aliphatic hydroxyl groups excluding tert-OH is 1. The lowest BCUT2D eigenvalue weighted by Crippen LogP contribution is -2.67. The Kier molecular flexibility index (Phi) is 9.35. The summed E-state index contributed by atoms with van der Waals surface area (Å²) in [6.07, 6.45) is 5.32. The molecule has 1 amide bonds. The van der Waals surface area contributed by atoms with Crippen molar-refractivity contribution in [2.75, 3.05) is 13.2 Å². The van der Waals surface area contributed by atoms with E-state index in [1.807, 2.05) is 54.6 Å². The van der Waals surface area contributed by atoms with Crippen LogP contribution in [-0.2, 0) is 11.3 Å². The van der Waals surface area contributed by atoms with Crippen molar-refractivity contribution in [2.45, 2.75) is 90.3 Å². The van der Waals surface area contributed by atoms with Crippen molar-refractivity contribution in [1.29, 1.82) is 0 Å². The van der Waals surface area contributed by atoms with Crippen LogP contribution >= 0.6 is 0 Å². The number of hydrogen-bond acceptors (Lipinski definition) is 6. The Morgan fingerprint density at radius 1 is 0.839 bits per heavy atom. The van der Waals surface area contributed by atoms with Crippen molar-refractivity contribution in [3.63, 3.8) is 0 Å². The molecule has 0 aromatic heterocycles. The predicted octanol–water partition coefficient (Wildman–Crippen LogP) is 9.68. The molecule has 3 aromatic carbocycles. The Bertz CT molecular complexity index is 2050. The molecule has 296 valence electrons. The van der Waals surface area contributed by atoms with E-state index in [9.17, 15) is 28.2 Å². The Morgan fingerprint density at radius 2 is 1.48 bits per heavy atom. The summed E-state index contributed by atoms with van der Waals surface area (Å²) < 4.78 is 48.0. The fourth-order valence-corrected chi connectivity index (χ4v) is 11.9. The number of aliphatic hydroxyl groups is 2. The number of Topliss-reactive ketones (excluding diaryl/α,β-unsaturated/α-hetero) is 1. The Labute approximate surface area is 326 Å². The van der Waals surface area contributed by atoms with Crippen LogP contribution in [0, 0.1) is 33.5 Å². The molecule has 2 N–H and O–H groups in total. The highest BCUT2D eigenvalue weighted by molar-refractivity contribution is 6.10. The van der Waals surface area contributed by atoms with Gasteiger partial charge in [-0.2, -0.15) is 0 Å². The van der Waals surface area contributed by atoms with Crippen LogP contribution in [0.2, 0.25) is 0 Å². The molecule has 8 atom stereocenters. The van der Waals surface area contributed by atoms with Gasteiger partial charge < -0.3 is 24.6 Å². The Balaban J connectivity index is 1.15. The molecular formula is C46H50F3NO6. The second-order valence-corrected chi connectivity index (χ2v) is 17.3. The first-order valence-corrected chi connectivity index (χ1v) is 19.9. The fourth-order valence-electron chi connectivity index (χ4n) is 11.9. The van der Waals surface area contributed by atoms with E-state index in [1.165, 1.54) is 29.2 Å². The van der Waals surface area contributed by atoms with E-state index in [0.717, 1.165) is 29.5 Å². The van der Waals surface area contributed by atoms with Crippen LogP contribution in [0.15, 0.2) is 103 Å². The first kappa shape index (κ1) is 38.5. The molecule has 6 aliphatic rings. The van der Waals surface area contributed by atoms with Gasteiger partial charge in [0.2, 0.25) is 0 Å². The zero-order valence-electron chi connectivity index (χ0n) is 32.1. The number of alkyl halides is 3. The first-order chi connectivity index (χ1) is 26.6. The summed E-state index contributed by atoms with van der Waals surface area (Å²) in [5.41, 5.74) is 0.522. The molecule has 56 heavy (non-hydrogen) atoms. The fraction of sp³-hybridized carbons (Fsp3) is 0.478. The Morgan fingerprint density at radius 3 is 2.16 bits per heavy atom. The number of nitrogens with zero attached hydrogens (tertiary/aromatic N) is 1. The van der Waals surface area contributed by atoms with Gasteiger partial charge in [-0.3, -0.25) is 4.79 Å². The molecule has 2 spiro atoms. The zero-order chi connectivity index (χ0) is 39.7. The number of carbonyl (C=O) groups is 2. The summed E-state index contributed by atoms with van der Waals surface area (Å²) in [7, 11) is 0. The van der Waals surface area contributed by atoms with Crippen molar-refractivity contribution >= 4 is 11.9 Å². The molecule has 3 saturated carbocycles.